The summed E-state index contributed by atoms with van der Waals surface area (Å²) in [6.07, 6.45) is 12.9. The van der Waals surface area contributed by atoms with E-state index < -0.39 is 0 Å². The molecule has 1 aliphatic carbocycles. The maximum absolute atomic E-state index is 2.18. The molecule has 0 heterocycles. The van der Waals surface area contributed by atoms with Crippen LogP contribution in [0.15, 0.2) is 0 Å². The van der Waals surface area contributed by atoms with Crippen molar-refractivity contribution in [3.05, 3.63) is 0 Å². The first-order chi connectivity index (χ1) is 6.33. The molecule has 0 N–H and O–H groups in total. The van der Waals surface area contributed by atoms with E-state index in [1.54, 1.807) is 0 Å². The topological polar surface area (TPSA) is 0 Å². The van der Waals surface area contributed by atoms with E-state index in [9.17, 15) is 0 Å². The molecule has 1 aliphatic rings. The molecule has 0 atom stereocenters. The molecule has 0 aromatic rings. The summed E-state index contributed by atoms with van der Waals surface area (Å²) >= 11 is 0. The van der Waals surface area contributed by atoms with Crippen LogP contribution < -0.4 is 0 Å². The monoisotopic (exact) mass is 218 g/mol. The zero-order valence-corrected chi connectivity index (χ0v) is 10.4. The van der Waals surface area contributed by atoms with Gasteiger partial charge in [0, 0.05) is 0 Å². The maximum atomic E-state index is 2.18. The Labute approximate surface area is 101 Å². The predicted octanol–water partition coefficient (Wildman–Crippen LogP) is 6.84. The fourth-order valence-electron chi connectivity index (χ4n) is 1.06. The first-order valence-corrected chi connectivity index (χ1v) is 6.33. The van der Waals surface area contributed by atoms with Crippen LogP contribution in [0, 0.1) is 0 Å². The number of hydrogen-bond donors (Lipinski definition) is 0. The lowest BCUT2D eigenvalue weighted by Crippen LogP contribution is -1.85. The van der Waals surface area contributed by atoms with Gasteiger partial charge in [-0.1, -0.05) is 100 Å². The smallest absolute Gasteiger partial charge is 0.0533 e. The number of hydrogen-bond acceptors (Lipinski definition) is 0. The zero-order valence-electron chi connectivity index (χ0n) is 10.4. The molecule has 0 unspecified atom stereocenters. The van der Waals surface area contributed by atoms with E-state index in [2.05, 4.69) is 27.7 Å². The van der Waals surface area contributed by atoms with E-state index in [1.807, 2.05) is 0 Å². The number of rotatable bonds is 1. The van der Waals surface area contributed by atoms with Crippen LogP contribution in [0.2, 0.25) is 0 Å². The van der Waals surface area contributed by atoms with Gasteiger partial charge in [0.1, 0.15) is 0 Å². The van der Waals surface area contributed by atoms with Gasteiger partial charge in [-0.3, -0.25) is 0 Å². The van der Waals surface area contributed by atoms with Crippen molar-refractivity contribution in [1.82, 2.24) is 0 Å². The van der Waals surface area contributed by atoms with Crippen LogP contribution in [0.25, 0.3) is 0 Å². The second-order valence-electron chi connectivity index (χ2n) is 3.83. The minimum absolute atomic E-state index is 0. The van der Waals surface area contributed by atoms with Gasteiger partial charge in [0.15, 0.2) is 0 Å². The molecule has 0 bridgehead atoms. The Morgan fingerprint density at radius 3 is 0.733 bits per heavy atom. The zero-order chi connectivity index (χ0) is 10.4. The van der Waals surface area contributed by atoms with Gasteiger partial charge in [-0.05, 0) is 0 Å². The Morgan fingerprint density at radius 2 is 0.667 bits per heavy atom. The second kappa shape index (κ2) is 29.2. The highest BCUT2D eigenvalue weighted by Crippen LogP contribution is 2.15. The van der Waals surface area contributed by atoms with Crippen molar-refractivity contribution >= 4 is 0 Å². The SMILES string of the molecule is C.C.C1CCCCC1.CCC.CCCC. The van der Waals surface area contributed by atoms with Crippen molar-refractivity contribution in [2.75, 3.05) is 0 Å². The molecule has 0 amide bonds. The van der Waals surface area contributed by atoms with Crippen LogP contribution in [0.5, 0.6) is 0 Å². The molecule has 0 nitrogen and oxygen atoms in total. The van der Waals surface area contributed by atoms with Crippen LogP contribution in [0.1, 0.15) is 100 Å². The average molecular weight is 218 g/mol. The van der Waals surface area contributed by atoms with Gasteiger partial charge in [0.05, 0.1) is 0 Å². The van der Waals surface area contributed by atoms with Crippen LogP contribution in [-0.4, -0.2) is 0 Å². The fourth-order valence-corrected chi connectivity index (χ4v) is 1.06. The molecule has 0 saturated heterocycles. The first kappa shape index (κ1) is 24.3. The standard InChI is InChI=1S/C6H12.C4H10.C3H8.2CH4/c1-2-4-6-5-3-1;1-3-4-2;1-3-2;;/h1-6H2;3-4H2,1-2H3;3H2,1-2H3;2*1H4. The highest BCUT2D eigenvalue weighted by atomic mass is 14.0. The summed E-state index contributed by atoms with van der Waals surface area (Å²) in [5, 5.41) is 0. The quantitative estimate of drug-likeness (QED) is 0.452. The first-order valence-electron chi connectivity index (χ1n) is 6.33. The van der Waals surface area contributed by atoms with Crippen molar-refractivity contribution in [3.8, 4) is 0 Å². The Bertz CT molecular complexity index is 39.5. The van der Waals surface area contributed by atoms with Crippen molar-refractivity contribution in [2.24, 2.45) is 0 Å². The van der Waals surface area contributed by atoms with Gasteiger partial charge >= 0.3 is 0 Å². The Balaban J connectivity index is -0.0000000608. The summed E-state index contributed by atoms with van der Waals surface area (Å²) in [5.41, 5.74) is 0. The Kier molecular flexibility index (Phi) is 47.3. The van der Waals surface area contributed by atoms with Crippen LogP contribution in [-0.2, 0) is 0 Å². The molecule has 0 radical (unpaired) electrons. The van der Waals surface area contributed by atoms with Crippen molar-refractivity contribution in [3.63, 3.8) is 0 Å². The summed E-state index contributed by atoms with van der Waals surface area (Å²) in [7, 11) is 0. The molecule has 15 heavy (non-hydrogen) atoms. The van der Waals surface area contributed by atoms with Crippen molar-refractivity contribution in [2.45, 2.75) is 100 Å². The maximum Gasteiger partial charge on any atom is -0.0533 e. The molecule has 98 valence electrons. The molecule has 1 saturated carbocycles. The Hall–Kier alpha value is 0. The minimum atomic E-state index is 0. The van der Waals surface area contributed by atoms with Gasteiger partial charge < -0.3 is 0 Å². The van der Waals surface area contributed by atoms with Gasteiger partial charge in [0.2, 0.25) is 0 Å². The van der Waals surface area contributed by atoms with Gasteiger partial charge in [-0.15, -0.1) is 0 Å². The molecular formula is C15H38. The highest BCUT2D eigenvalue weighted by molar-refractivity contribution is 4.51. The van der Waals surface area contributed by atoms with E-state index in [0.29, 0.717) is 0 Å². The van der Waals surface area contributed by atoms with Crippen LogP contribution in [0.3, 0.4) is 0 Å². The summed E-state index contributed by atoms with van der Waals surface area (Å²) in [6, 6.07) is 0. The van der Waals surface area contributed by atoms with E-state index in [1.165, 1.54) is 57.8 Å². The third kappa shape index (κ3) is 41.1. The molecule has 0 aliphatic heterocycles. The fraction of sp³-hybridized carbons (Fsp3) is 1.00. The molecule has 1 fully saturated rings. The molecular weight excluding hydrogens is 180 g/mol. The lowest BCUT2D eigenvalue weighted by Gasteiger charge is -2.05. The van der Waals surface area contributed by atoms with E-state index in [-0.39, 0.29) is 14.9 Å². The van der Waals surface area contributed by atoms with Crippen molar-refractivity contribution < 1.29 is 0 Å². The third-order valence-electron chi connectivity index (χ3n) is 2.00. The summed E-state index contributed by atoms with van der Waals surface area (Å²) in [4.78, 5) is 0. The normalized spacial score (nSPS) is 12.8. The van der Waals surface area contributed by atoms with Gasteiger partial charge in [-0.25, -0.2) is 0 Å². The minimum Gasteiger partial charge on any atom is -0.0776 e. The van der Waals surface area contributed by atoms with Crippen molar-refractivity contribution in [1.29, 1.82) is 0 Å². The van der Waals surface area contributed by atoms with Gasteiger partial charge in [0.25, 0.3) is 0 Å². The highest BCUT2D eigenvalue weighted by Gasteiger charge is 1.95. The summed E-state index contributed by atoms with van der Waals surface area (Å²) in [5.74, 6) is 0. The molecule has 0 heteroatoms. The molecule has 0 aromatic heterocycles. The van der Waals surface area contributed by atoms with E-state index in [0.717, 1.165) is 0 Å². The summed E-state index contributed by atoms with van der Waals surface area (Å²) < 4.78 is 0. The molecule has 1 rings (SSSR count). The summed E-state index contributed by atoms with van der Waals surface area (Å²) in [6.45, 7) is 8.61. The van der Waals surface area contributed by atoms with E-state index in [4.69, 9.17) is 0 Å². The largest absolute Gasteiger partial charge is 0.0776 e. The lowest BCUT2D eigenvalue weighted by molar-refractivity contribution is 0.504. The molecule has 0 aromatic carbocycles. The van der Waals surface area contributed by atoms with Crippen LogP contribution in [0.4, 0.5) is 0 Å². The third-order valence-corrected chi connectivity index (χ3v) is 2.00. The lowest BCUT2D eigenvalue weighted by atomic mass is 10.0. The number of unbranched alkanes of at least 4 members (excludes halogenated alkanes) is 1. The van der Waals surface area contributed by atoms with Crippen LogP contribution >= 0.6 is 0 Å². The molecule has 0 spiro atoms. The van der Waals surface area contributed by atoms with E-state index >= 15 is 0 Å². The second-order valence-corrected chi connectivity index (χ2v) is 3.83. The average Bonchev–Trinajstić information content (AvgIpc) is 2.22. The predicted molar refractivity (Wildman–Crippen MR) is 77.7 cm³/mol. The Morgan fingerprint density at radius 1 is 0.533 bits per heavy atom. The van der Waals surface area contributed by atoms with Gasteiger partial charge in [-0.2, -0.15) is 0 Å².